The van der Waals surface area contributed by atoms with E-state index in [1.54, 1.807) is 24.1 Å². The maximum absolute atomic E-state index is 10.7. The van der Waals surface area contributed by atoms with Gasteiger partial charge in [-0.3, -0.25) is 4.55 Å². The molecular formula is C12H24NNaO7S. The van der Waals surface area contributed by atoms with Crippen molar-refractivity contribution in [3.63, 3.8) is 0 Å². The number of anilines is 1. The van der Waals surface area contributed by atoms with Gasteiger partial charge in [0, 0.05) is 24.8 Å². The van der Waals surface area contributed by atoms with Crippen LogP contribution in [0.3, 0.4) is 0 Å². The van der Waals surface area contributed by atoms with Crippen molar-refractivity contribution in [3.05, 3.63) is 24.3 Å². The third-order valence-corrected chi connectivity index (χ3v) is 3.44. The quantitative estimate of drug-likeness (QED) is 0.450. The Morgan fingerprint density at radius 1 is 1.32 bits per heavy atom. The summed E-state index contributed by atoms with van der Waals surface area (Å²) >= 11 is 0. The fourth-order valence-electron chi connectivity index (χ4n) is 1.77. The Hall–Kier alpha value is -0.390. The molecule has 0 aliphatic rings. The van der Waals surface area contributed by atoms with E-state index in [9.17, 15) is 13.5 Å². The number of aliphatic hydroxyl groups excluding tert-OH is 1. The van der Waals surface area contributed by atoms with E-state index in [4.69, 9.17) is 9.29 Å². The van der Waals surface area contributed by atoms with Gasteiger partial charge in [-0.15, -0.1) is 0 Å². The summed E-state index contributed by atoms with van der Waals surface area (Å²) in [6.45, 7) is 2.60. The minimum atomic E-state index is -4.17. The molecule has 0 amide bonds. The molecule has 22 heavy (non-hydrogen) atoms. The summed E-state index contributed by atoms with van der Waals surface area (Å²) in [6.07, 6.45) is -1.15. The Labute approximate surface area is 152 Å². The molecule has 0 aromatic heterocycles. The molecule has 0 saturated heterocycles. The van der Waals surface area contributed by atoms with E-state index < -0.39 is 22.0 Å². The number of rotatable bonds is 7. The van der Waals surface area contributed by atoms with Crippen LogP contribution in [0.2, 0.25) is 0 Å². The van der Waals surface area contributed by atoms with Crippen LogP contribution >= 0.6 is 0 Å². The van der Waals surface area contributed by atoms with E-state index in [0.717, 1.165) is 5.69 Å². The molecule has 1 aromatic carbocycles. The average Bonchev–Trinajstić information content (AvgIpc) is 2.34. The van der Waals surface area contributed by atoms with E-state index in [-0.39, 0.29) is 47.1 Å². The maximum atomic E-state index is 10.7. The molecule has 1 unspecified atom stereocenters. The van der Waals surface area contributed by atoms with Crippen molar-refractivity contribution in [2.45, 2.75) is 13.0 Å². The van der Waals surface area contributed by atoms with Crippen LogP contribution in [-0.2, 0) is 10.1 Å². The van der Waals surface area contributed by atoms with Crippen LogP contribution in [-0.4, -0.2) is 90.6 Å². The number of likely N-dealkylation sites (N-methyl/N-ethyl adjacent to an activating group) is 1. The molecule has 10 heteroatoms. The van der Waals surface area contributed by atoms with Gasteiger partial charge in [0.2, 0.25) is 0 Å². The number of nitrogens with zero attached hydrogens (tertiary/aromatic N) is 1. The van der Waals surface area contributed by atoms with Crippen LogP contribution in [0.5, 0.6) is 5.75 Å². The fraction of sp³-hybridized carbons (Fsp3) is 0.500. The predicted molar refractivity (Wildman–Crippen MR) is 87.7 cm³/mol. The summed E-state index contributed by atoms with van der Waals surface area (Å²) in [5.41, 5.74) is 0.816. The first-order valence-corrected chi connectivity index (χ1v) is 7.49. The van der Waals surface area contributed by atoms with E-state index in [1.165, 1.54) is 0 Å². The number of ether oxygens (including phenoxy) is 1. The SMILES string of the molecule is CCN(CC(O)CS(=O)(=O)O)c1cccc(OC)c1.O.O.[NaH]. The second kappa shape index (κ2) is 12.1. The van der Waals surface area contributed by atoms with Crippen molar-refractivity contribution >= 4 is 45.4 Å². The number of benzene rings is 1. The topological polar surface area (TPSA) is 150 Å². The van der Waals surface area contributed by atoms with Crippen molar-refractivity contribution in [3.8, 4) is 5.75 Å². The summed E-state index contributed by atoms with van der Waals surface area (Å²) in [5, 5.41) is 9.66. The van der Waals surface area contributed by atoms with E-state index >= 15 is 0 Å². The summed E-state index contributed by atoms with van der Waals surface area (Å²) in [5.74, 6) is 0.00761. The summed E-state index contributed by atoms with van der Waals surface area (Å²) < 4.78 is 35.2. The second-order valence-corrected chi connectivity index (χ2v) is 5.64. The van der Waals surface area contributed by atoms with Crippen LogP contribution in [0.15, 0.2) is 24.3 Å². The first kappa shape index (κ1) is 26.5. The average molecular weight is 349 g/mol. The van der Waals surface area contributed by atoms with Gasteiger partial charge in [0.25, 0.3) is 10.1 Å². The molecule has 0 saturated carbocycles. The number of aliphatic hydroxyl groups is 1. The molecule has 0 bridgehead atoms. The summed E-state index contributed by atoms with van der Waals surface area (Å²) in [6, 6.07) is 7.24. The van der Waals surface area contributed by atoms with Gasteiger partial charge in [0.1, 0.15) is 11.5 Å². The molecule has 126 valence electrons. The van der Waals surface area contributed by atoms with Crippen molar-refractivity contribution < 1.29 is 33.8 Å². The zero-order chi connectivity index (χ0) is 14.5. The van der Waals surface area contributed by atoms with Crippen LogP contribution in [0.4, 0.5) is 5.69 Å². The molecule has 1 aromatic rings. The van der Waals surface area contributed by atoms with Gasteiger partial charge >= 0.3 is 29.6 Å². The molecule has 1 rings (SSSR count). The summed E-state index contributed by atoms with van der Waals surface area (Å²) in [4.78, 5) is 1.80. The van der Waals surface area contributed by atoms with E-state index in [2.05, 4.69) is 0 Å². The van der Waals surface area contributed by atoms with Gasteiger partial charge < -0.3 is 25.7 Å². The van der Waals surface area contributed by atoms with Crippen molar-refractivity contribution in [2.75, 3.05) is 30.9 Å². The van der Waals surface area contributed by atoms with Gasteiger partial charge in [-0.1, -0.05) is 6.07 Å². The van der Waals surface area contributed by atoms with E-state index in [0.29, 0.717) is 12.3 Å². The summed E-state index contributed by atoms with van der Waals surface area (Å²) in [7, 11) is -2.62. The van der Waals surface area contributed by atoms with Gasteiger partial charge in [-0.05, 0) is 19.1 Å². The van der Waals surface area contributed by atoms with Crippen molar-refractivity contribution in [1.29, 1.82) is 0 Å². The standard InChI is InChI=1S/C12H19NO5S.Na.2H2O.H/c1-3-13(8-11(14)9-19(15,16)17)10-5-4-6-12(7-10)18-2;;;;/h4-7,11,14H,3,8-9H2,1-2H3,(H,15,16,17);;2*1H2;. The zero-order valence-corrected chi connectivity index (χ0v) is 12.8. The normalized spacial score (nSPS) is 11.3. The molecule has 0 spiro atoms. The zero-order valence-electron chi connectivity index (χ0n) is 12.0. The Balaban J connectivity index is -0.00000120. The van der Waals surface area contributed by atoms with Gasteiger partial charge in [0.15, 0.2) is 0 Å². The van der Waals surface area contributed by atoms with Crippen LogP contribution in [0.25, 0.3) is 0 Å². The molecule has 0 radical (unpaired) electrons. The fourth-order valence-corrected chi connectivity index (χ4v) is 2.37. The predicted octanol–water partition coefficient (Wildman–Crippen LogP) is -1.53. The molecule has 0 fully saturated rings. The first-order chi connectivity index (χ1) is 8.85. The number of hydrogen-bond donors (Lipinski definition) is 2. The molecule has 6 N–H and O–H groups in total. The molecule has 1 atom stereocenters. The Kier molecular flexibility index (Phi) is 14.6. The van der Waals surface area contributed by atoms with Crippen LogP contribution in [0, 0.1) is 0 Å². The molecule has 0 heterocycles. The van der Waals surface area contributed by atoms with Crippen LogP contribution < -0.4 is 9.64 Å². The molecule has 8 nitrogen and oxygen atoms in total. The number of hydrogen-bond acceptors (Lipinski definition) is 5. The Morgan fingerprint density at radius 3 is 2.36 bits per heavy atom. The van der Waals surface area contributed by atoms with Crippen molar-refractivity contribution in [2.24, 2.45) is 0 Å². The first-order valence-electron chi connectivity index (χ1n) is 5.88. The minimum absolute atomic E-state index is 0. The van der Waals surface area contributed by atoms with Gasteiger partial charge in [0.05, 0.1) is 13.2 Å². The van der Waals surface area contributed by atoms with Crippen molar-refractivity contribution in [1.82, 2.24) is 0 Å². The Morgan fingerprint density at radius 2 is 1.91 bits per heavy atom. The molecule has 0 aliphatic carbocycles. The third-order valence-electron chi connectivity index (χ3n) is 2.63. The number of methoxy groups -OCH3 is 1. The second-order valence-electron chi connectivity index (χ2n) is 4.14. The van der Waals surface area contributed by atoms with Crippen LogP contribution in [0.1, 0.15) is 6.92 Å². The monoisotopic (exact) mass is 349 g/mol. The molecular weight excluding hydrogens is 325 g/mol. The Bertz CT molecular complexity index is 512. The van der Waals surface area contributed by atoms with Gasteiger partial charge in [-0.25, -0.2) is 0 Å². The van der Waals surface area contributed by atoms with E-state index in [1.807, 2.05) is 19.1 Å². The van der Waals surface area contributed by atoms with Gasteiger partial charge in [-0.2, -0.15) is 8.42 Å². The third kappa shape index (κ3) is 9.59. The molecule has 0 aliphatic heterocycles.